The molecule has 2 amide bonds. The number of nitrogens with zero attached hydrogens (tertiary/aromatic N) is 5. The van der Waals surface area contributed by atoms with E-state index in [1.54, 1.807) is 59.0 Å². The van der Waals surface area contributed by atoms with E-state index >= 15 is 0 Å². The SMILES string of the molecule is Cc1ccc(NC(=O)c2cc(C3(O)CN(C(=O)O)C3)cc(S(F)(F)(F)(F)F)c2)cc1-n1ccn2nc(-c3cccnc3)cc12. The third-order valence-electron chi connectivity index (χ3n) is 7.33. The standard InChI is InChI=1S/C28H23F5N6O4S/c1-17-4-5-21(12-24(17)38-7-8-39-25(38)13-23(36-39)18-3-2-6-34-14-18)35-26(40)19-9-20(28(43)15-37(16-28)27(41)42)11-22(10-19)44(29,30,31,32)33/h2-14,43H,15-16H2,1H3,(H,35,40)(H,41,42). The van der Waals surface area contributed by atoms with Crippen LogP contribution in [0.3, 0.4) is 0 Å². The lowest BCUT2D eigenvalue weighted by atomic mass is 9.85. The minimum Gasteiger partial charge on any atom is -0.465 e. The number of aliphatic hydroxyl groups is 1. The van der Waals surface area contributed by atoms with Gasteiger partial charge >= 0.3 is 16.3 Å². The van der Waals surface area contributed by atoms with Crippen molar-refractivity contribution < 1.29 is 39.2 Å². The second-order valence-electron chi connectivity index (χ2n) is 10.6. The average Bonchev–Trinajstić information content (AvgIpc) is 3.52. The first-order valence-corrected chi connectivity index (χ1v) is 14.8. The summed E-state index contributed by atoms with van der Waals surface area (Å²) in [7, 11) is -10.3. The van der Waals surface area contributed by atoms with Crippen molar-refractivity contribution in [2.24, 2.45) is 0 Å². The molecular formula is C28H23F5N6O4S. The number of anilines is 1. The molecule has 0 bridgehead atoms. The highest BCUT2D eigenvalue weighted by Gasteiger charge is 2.66. The molecule has 5 aromatic rings. The highest BCUT2D eigenvalue weighted by Crippen LogP contribution is 3.02. The number of carbonyl (C=O) groups excluding carboxylic acids is 1. The van der Waals surface area contributed by atoms with E-state index in [0.29, 0.717) is 21.9 Å². The Kier molecular flexibility index (Phi) is 5.98. The number of aromatic nitrogens is 4. The summed E-state index contributed by atoms with van der Waals surface area (Å²) in [6.07, 6.45) is 5.29. The number of rotatable bonds is 6. The van der Waals surface area contributed by atoms with E-state index in [0.717, 1.165) is 17.2 Å². The zero-order valence-corrected chi connectivity index (χ0v) is 23.5. The van der Waals surface area contributed by atoms with E-state index in [1.807, 2.05) is 12.1 Å². The molecule has 1 saturated heterocycles. The number of fused-ring (bicyclic) bond motifs is 1. The Morgan fingerprint density at radius 3 is 2.41 bits per heavy atom. The maximum Gasteiger partial charge on any atom is 0.407 e. The minimum atomic E-state index is -10.3. The van der Waals surface area contributed by atoms with E-state index in [-0.39, 0.29) is 17.8 Å². The molecule has 0 unspecified atom stereocenters. The Morgan fingerprint density at radius 2 is 1.75 bits per heavy atom. The number of nitrogens with one attached hydrogen (secondary N) is 1. The highest BCUT2D eigenvalue weighted by atomic mass is 32.5. The molecule has 0 radical (unpaired) electrons. The molecule has 1 aliphatic rings. The Morgan fingerprint density at radius 1 is 1.00 bits per heavy atom. The van der Waals surface area contributed by atoms with Gasteiger partial charge in [0.2, 0.25) is 0 Å². The zero-order chi connectivity index (χ0) is 31.7. The molecule has 3 aromatic heterocycles. The van der Waals surface area contributed by atoms with Crippen molar-refractivity contribution in [3.05, 3.63) is 96.1 Å². The number of hydrogen-bond acceptors (Lipinski definition) is 5. The van der Waals surface area contributed by atoms with Gasteiger partial charge in [0, 0.05) is 47.7 Å². The molecule has 2 aromatic carbocycles. The fraction of sp³-hybridized carbons (Fsp3) is 0.143. The van der Waals surface area contributed by atoms with E-state index in [2.05, 4.69) is 15.4 Å². The summed E-state index contributed by atoms with van der Waals surface area (Å²) in [5.41, 5.74) is -0.0326. The summed E-state index contributed by atoms with van der Waals surface area (Å²) in [5.74, 6) is -1.15. The van der Waals surface area contributed by atoms with Crippen LogP contribution in [0.2, 0.25) is 0 Å². The van der Waals surface area contributed by atoms with Gasteiger partial charge in [-0.1, -0.05) is 25.5 Å². The molecular weight excluding hydrogens is 611 g/mol. The molecule has 0 spiro atoms. The topological polar surface area (TPSA) is 125 Å². The average molecular weight is 635 g/mol. The molecule has 1 fully saturated rings. The van der Waals surface area contributed by atoms with Crippen LogP contribution in [0.4, 0.5) is 29.9 Å². The number of aryl methyl sites for hydroxylation is 1. The number of amides is 2. The zero-order valence-electron chi connectivity index (χ0n) is 22.7. The Labute approximate surface area is 245 Å². The molecule has 10 nitrogen and oxygen atoms in total. The van der Waals surface area contributed by atoms with Gasteiger partial charge in [-0.05, 0) is 60.5 Å². The van der Waals surface area contributed by atoms with Gasteiger partial charge in [0.1, 0.15) is 16.1 Å². The third kappa shape index (κ3) is 5.33. The van der Waals surface area contributed by atoms with Crippen LogP contribution in [0.5, 0.6) is 0 Å². The lowest BCUT2D eigenvalue weighted by Gasteiger charge is -2.46. The van der Waals surface area contributed by atoms with Crippen LogP contribution in [-0.2, 0) is 5.60 Å². The van der Waals surface area contributed by atoms with Gasteiger partial charge in [0.05, 0.1) is 24.5 Å². The van der Waals surface area contributed by atoms with E-state index in [1.165, 1.54) is 6.07 Å². The maximum absolute atomic E-state index is 13.9. The summed E-state index contributed by atoms with van der Waals surface area (Å²) in [6.45, 7) is 0.494. The summed E-state index contributed by atoms with van der Waals surface area (Å²) < 4.78 is 72.8. The van der Waals surface area contributed by atoms with Crippen LogP contribution in [0.25, 0.3) is 22.6 Å². The second kappa shape index (κ2) is 9.03. The summed E-state index contributed by atoms with van der Waals surface area (Å²) >= 11 is 0. The summed E-state index contributed by atoms with van der Waals surface area (Å²) in [4.78, 5) is 26.7. The lowest BCUT2D eigenvalue weighted by molar-refractivity contribution is -0.0899. The minimum absolute atomic E-state index is 0.0220. The summed E-state index contributed by atoms with van der Waals surface area (Å²) in [6, 6.07) is 11.1. The van der Waals surface area contributed by atoms with E-state index < -0.39 is 56.9 Å². The van der Waals surface area contributed by atoms with Crippen LogP contribution < -0.4 is 5.32 Å². The monoisotopic (exact) mass is 634 g/mol. The molecule has 3 N–H and O–H groups in total. The van der Waals surface area contributed by atoms with Crippen molar-refractivity contribution in [1.29, 1.82) is 0 Å². The van der Waals surface area contributed by atoms with Gasteiger partial charge in [-0.15, -0.1) is 0 Å². The molecule has 44 heavy (non-hydrogen) atoms. The van der Waals surface area contributed by atoms with Crippen molar-refractivity contribution in [2.45, 2.75) is 17.4 Å². The van der Waals surface area contributed by atoms with Gasteiger partial charge < -0.3 is 20.4 Å². The Bertz CT molecular complexity index is 1970. The maximum atomic E-state index is 13.9. The van der Waals surface area contributed by atoms with Crippen LogP contribution >= 0.6 is 10.2 Å². The number of likely N-dealkylation sites (tertiary alicyclic amines) is 1. The van der Waals surface area contributed by atoms with Gasteiger partial charge in [0.15, 0.2) is 0 Å². The molecule has 4 heterocycles. The summed E-state index contributed by atoms with van der Waals surface area (Å²) in [5, 5.41) is 26.8. The number of pyridine rings is 1. The van der Waals surface area contributed by atoms with Gasteiger partial charge in [-0.2, -0.15) is 5.10 Å². The number of carboxylic acid groups (broad SMARTS) is 1. The number of hydrogen-bond donors (Lipinski definition) is 3. The third-order valence-corrected chi connectivity index (χ3v) is 8.46. The fourth-order valence-corrected chi connectivity index (χ4v) is 5.71. The molecule has 0 atom stereocenters. The molecule has 0 saturated carbocycles. The van der Waals surface area contributed by atoms with Crippen LogP contribution in [0, 0.1) is 6.92 Å². The van der Waals surface area contributed by atoms with E-state index in [9.17, 15) is 34.1 Å². The number of imidazole rings is 1. The van der Waals surface area contributed by atoms with Crippen LogP contribution in [0.1, 0.15) is 21.5 Å². The van der Waals surface area contributed by atoms with Gasteiger partial charge in [-0.25, -0.2) is 9.31 Å². The Balaban J connectivity index is 1.34. The number of halogens is 5. The normalized spacial score (nSPS) is 16.2. The van der Waals surface area contributed by atoms with Crippen molar-refractivity contribution in [3.8, 4) is 16.9 Å². The molecule has 230 valence electrons. The highest BCUT2D eigenvalue weighted by molar-refractivity contribution is 8.45. The number of benzene rings is 2. The largest absolute Gasteiger partial charge is 0.465 e. The van der Waals surface area contributed by atoms with Gasteiger partial charge in [0.25, 0.3) is 5.91 Å². The first-order valence-electron chi connectivity index (χ1n) is 12.9. The lowest BCUT2D eigenvalue weighted by Crippen LogP contribution is -2.61. The second-order valence-corrected chi connectivity index (χ2v) is 13.0. The van der Waals surface area contributed by atoms with Crippen LogP contribution in [-0.4, -0.2) is 59.4 Å². The number of β-amino-alcohol motifs (C(OH)–C–C–N with tert-alkyl or cyclic N) is 1. The van der Waals surface area contributed by atoms with Crippen molar-refractivity contribution in [3.63, 3.8) is 0 Å². The predicted octanol–water partition coefficient (Wildman–Crippen LogP) is 6.59. The molecule has 16 heteroatoms. The van der Waals surface area contributed by atoms with Gasteiger partial charge in [-0.3, -0.25) is 14.3 Å². The number of carbonyl (C=O) groups is 2. The van der Waals surface area contributed by atoms with E-state index in [4.69, 9.17) is 5.11 Å². The molecule has 1 aliphatic heterocycles. The van der Waals surface area contributed by atoms with Crippen molar-refractivity contribution >= 4 is 33.6 Å². The first-order chi connectivity index (χ1) is 20.4. The van der Waals surface area contributed by atoms with Crippen molar-refractivity contribution in [1.82, 2.24) is 24.1 Å². The fourth-order valence-electron chi connectivity index (χ4n) is 5.01. The molecule has 6 rings (SSSR count). The van der Waals surface area contributed by atoms with Crippen LogP contribution in [0.15, 0.2) is 84.3 Å². The Hall–Kier alpha value is -4.96. The van der Waals surface area contributed by atoms with Crippen molar-refractivity contribution in [2.75, 3.05) is 18.4 Å². The smallest absolute Gasteiger partial charge is 0.407 e. The predicted molar refractivity (Wildman–Crippen MR) is 152 cm³/mol. The quantitative estimate of drug-likeness (QED) is 0.181. The molecule has 0 aliphatic carbocycles. The first kappa shape index (κ1) is 29.1.